The summed E-state index contributed by atoms with van der Waals surface area (Å²) in [5.74, 6) is 1.38. The van der Waals surface area contributed by atoms with Crippen molar-refractivity contribution in [1.82, 2.24) is 0 Å². The molecule has 0 spiro atoms. The molecule has 0 N–H and O–H groups in total. The molecule has 2 heterocycles. The fourth-order valence-electron chi connectivity index (χ4n) is 2.37. The molecule has 0 amide bonds. The van der Waals surface area contributed by atoms with Crippen molar-refractivity contribution in [3.05, 3.63) is 59.5 Å². The number of carbonyl (C=O) groups is 1. The average Bonchev–Trinajstić information content (AvgIpc) is 3.19. The second kappa shape index (κ2) is 6.87. The molecule has 120 valence electrons. The van der Waals surface area contributed by atoms with E-state index in [4.69, 9.17) is 25.5 Å². The minimum Gasteiger partial charge on any atom is -0.467 e. The summed E-state index contributed by atoms with van der Waals surface area (Å²) in [5, 5.41) is 0. The standard InChI is InChI=1S/C17H16ClNO4/c1-11-19-15(16(22-11)14-8-7-13(9-18)23-14)17(20)21-10-12-5-3-2-4-6-12/h2-8,15-16H,9-10H2,1H3. The Morgan fingerprint density at radius 2 is 2.04 bits per heavy atom. The van der Waals surface area contributed by atoms with Crippen molar-refractivity contribution >= 4 is 23.5 Å². The third-order valence-electron chi connectivity index (χ3n) is 3.47. The smallest absolute Gasteiger partial charge is 0.335 e. The Morgan fingerprint density at radius 3 is 2.74 bits per heavy atom. The van der Waals surface area contributed by atoms with Crippen molar-refractivity contribution in [1.29, 1.82) is 0 Å². The van der Waals surface area contributed by atoms with E-state index in [1.165, 1.54) is 0 Å². The highest BCUT2D eigenvalue weighted by Crippen LogP contribution is 2.31. The van der Waals surface area contributed by atoms with Crippen molar-refractivity contribution in [2.45, 2.75) is 31.6 Å². The SMILES string of the molecule is CC1=NC(C(=O)OCc2ccccc2)C(c2ccc(CCl)o2)O1. The van der Waals surface area contributed by atoms with Crippen molar-refractivity contribution in [3.8, 4) is 0 Å². The molecule has 0 fully saturated rings. The van der Waals surface area contributed by atoms with Crippen LogP contribution in [0.5, 0.6) is 0 Å². The topological polar surface area (TPSA) is 61.0 Å². The summed E-state index contributed by atoms with van der Waals surface area (Å²) in [5.41, 5.74) is 0.916. The van der Waals surface area contributed by atoms with Crippen LogP contribution in [0.1, 0.15) is 30.1 Å². The molecule has 2 atom stereocenters. The zero-order valence-corrected chi connectivity index (χ0v) is 13.3. The van der Waals surface area contributed by atoms with Crippen LogP contribution in [0.15, 0.2) is 51.9 Å². The first-order valence-corrected chi connectivity index (χ1v) is 7.77. The lowest BCUT2D eigenvalue weighted by Gasteiger charge is -2.14. The van der Waals surface area contributed by atoms with Gasteiger partial charge in [0.25, 0.3) is 0 Å². The van der Waals surface area contributed by atoms with Crippen LogP contribution in [0.3, 0.4) is 0 Å². The van der Waals surface area contributed by atoms with Crippen molar-refractivity contribution < 1.29 is 18.7 Å². The highest BCUT2D eigenvalue weighted by atomic mass is 35.5. The summed E-state index contributed by atoms with van der Waals surface area (Å²) < 4.78 is 16.5. The molecule has 6 heteroatoms. The van der Waals surface area contributed by atoms with Crippen molar-refractivity contribution in [2.24, 2.45) is 4.99 Å². The van der Waals surface area contributed by atoms with Gasteiger partial charge in [-0.05, 0) is 17.7 Å². The van der Waals surface area contributed by atoms with Crippen LogP contribution >= 0.6 is 11.6 Å². The molecule has 1 aromatic heterocycles. The highest BCUT2D eigenvalue weighted by Gasteiger charge is 2.39. The van der Waals surface area contributed by atoms with Crippen LogP contribution in [0.4, 0.5) is 0 Å². The maximum Gasteiger partial charge on any atom is 0.335 e. The number of esters is 1. The molecule has 1 aromatic carbocycles. The minimum absolute atomic E-state index is 0.197. The largest absolute Gasteiger partial charge is 0.467 e. The van der Waals surface area contributed by atoms with Gasteiger partial charge in [-0.1, -0.05) is 30.3 Å². The summed E-state index contributed by atoms with van der Waals surface area (Å²) in [6.07, 6.45) is -0.616. The van der Waals surface area contributed by atoms with E-state index in [1.54, 1.807) is 19.1 Å². The lowest BCUT2D eigenvalue weighted by atomic mass is 10.1. The van der Waals surface area contributed by atoms with Gasteiger partial charge in [0.15, 0.2) is 18.0 Å². The maximum absolute atomic E-state index is 12.3. The molecule has 0 aliphatic carbocycles. The van der Waals surface area contributed by atoms with Gasteiger partial charge in [0, 0.05) is 6.92 Å². The van der Waals surface area contributed by atoms with Crippen LogP contribution in [0.2, 0.25) is 0 Å². The Balaban J connectivity index is 1.69. The number of benzene rings is 1. The molecule has 0 saturated carbocycles. The molecule has 3 rings (SSSR count). The maximum atomic E-state index is 12.3. The lowest BCUT2D eigenvalue weighted by Crippen LogP contribution is -2.26. The third-order valence-corrected chi connectivity index (χ3v) is 3.73. The van der Waals surface area contributed by atoms with E-state index in [0.29, 0.717) is 17.4 Å². The summed E-state index contributed by atoms with van der Waals surface area (Å²) >= 11 is 5.74. The number of hydrogen-bond acceptors (Lipinski definition) is 5. The summed E-state index contributed by atoms with van der Waals surface area (Å²) in [6.45, 7) is 1.89. The Labute approximate surface area is 138 Å². The number of aliphatic imine (C=N–C) groups is 1. The monoisotopic (exact) mass is 333 g/mol. The van der Waals surface area contributed by atoms with E-state index in [1.807, 2.05) is 30.3 Å². The Kier molecular flexibility index (Phi) is 4.67. The number of ether oxygens (including phenoxy) is 2. The van der Waals surface area contributed by atoms with E-state index in [9.17, 15) is 4.79 Å². The summed E-state index contributed by atoms with van der Waals surface area (Å²) in [6, 6.07) is 12.2. The second-order valence-electron chi connectivity index (χ2n) is 5.16. The quantitative estimate of drug-likeness (QED) is 0.619. The molecule has 0 saturated heterocycles. The van der Waals surface area contributed by atoms with Gasteiger partial charge in [-0.3, -0.25) is 0 Å². The Morgan fingerprint density at radius 1 is 1.26 bits per heavy atom. The first-order chi connectivity index (χ1) is 11.2. The summed E-state index contributed by atoms with van der Waals surface area (Å²) in [7, 11) is 0. The molecule has 1 aliphatic rings. The number of hydrogen-bond donors (Lipinski definition) is 0. The van der Waals surface area contributed by atoms with Crippen LogP contribution in [-0.2, 0) is 26.8 Å². The van der Waals surface area contributed by atoms with Gasteiger partial charge >= 0.3 is 5.97 Å². The molecule has 0 radical (unpaired) electrons. The minimum atomic E-state index is -0.770. The average molecular weight is 334 g/mol. The fourth-order valence-corrected chi connectivity index (χ4v) is 2.51. The molecule has 5 nitrogen and oxygen atoms in total. The number of alkyl halides is 1. The Hall–Kier alpha value is -2.27. The van der Waals surface area contributed by atoms with Crippen LogP contribution in [-0.4, -0.2) is 17.9 Å². The molecule has 0 bridgehead atoms. The normalized spacial score (nSPS) is 20.0. The van der Waals surface area contributed by atoms with E-state index in [-0.39, 0.29) is 12.5 Å². The lowest BCUT2D eigenvalue weighted by molar-refractivity contribution is -0.148. The van der Waals surface area contributed by atoms with Gasteiger partial charge < -0.3 is 13.9 Å². The zero-order valence-electron chi connectivity index (χ0n) is 12.6. The van der Waals surface area contributed by atoms with E-state index < -0.39 is 18.1 Å². The second-order valence-corrected chi connectivity index (χ2v) is 5.43. The van der Waals surface area contributed by atoms with Gasteiger partial charge in [0.05, 0.1) is 5.88 Å². The van der Waals surface area contributed by atoms with Gasteiger partial charge in [-0.15, -0.1) is 11.6 Å². The number of nitrogens with zero attached hydrogens (tertiary/aromatic N) is 1. The zero-order chi connectivity index (χ0) is 16.2. The van der Waals surface area contributed by atoms with Crippen LogP contribution < -0.4 is 0 Å². The van der Waals surface area contributed by atoms with Crippen LogP contribution in [0, 0.1) is 0 Å². The summed E-state index contributed by atoms with van der Waals surface area (Å²) in [4.78, 5) is 16.6. The number of halogens is 1. The van der Waals surface area contributed by atoms with Gasteiger partial charge in [-0.25, -0.2) is 9.79 Å². The van der Waals surface area contributed by atoms with E-state index >= 15 is 0 Å². The Bertz CT molecular complexity index is 710. The highest BCUT2D eigenvalue weighted by molar-refractivity contribution is 6.16. The molecule has 1 aliphatic heterocycles. The van der Waals surface area contributed by atoms with E-state index in [0.717, 1.165) is 5.56 Å². The number of rotatable bonds is 5. The van der Waals surface area contributed by atoms with Gasteiger partial charge in [-0.2, -0.15) is 0 Å². The number of carbonyl (C=O) groups excluding carboxylic acids is 1. The van der Waals surface area contributed by atoms with Crippen molar-refractivity contribution in [3.63, 3.8) is 0 Å². The molecule has 2 unspecified atom stereocenters. The van der Waals surface area contributed by atoms with Gasteiger partial charge in [0.1, 0.15) is 18.1 Å². The first kappa shape index (κ1) is 15.6. The molecule has 2 aromatic rings. The number of furan rings is 1. The fraction of sp³-hybridized carbons (Fsp3) is 0.294. The third kappa shape index (κ3) is 3.56. The van der Waals surface area contributed by atoms with Gasteiger partial charge in [0.2, 0.25) is 0 Å². The molecular formula is C17H16ClNO4. The molecule has 23 heavy (non-hydrogen) atoms. The van der Waals surface area contributed by atoms with E-state index in [2.05, 4.69) is 4.99 Å². The predicted molar refractivity (Wildman–Crippen MR) is 85.2 cm³/mol. The van der Waals surface area contributed by atoms with Crippen molar-refractivity contribution in [2.75, 3.05) is 0 Å². The molecular weight excluding hydrogens is 318 g/mol. The first-order valence-electron chi connectivity index (χ1n) is 7.23. The predicted octanol–water partition coefficient (Wildman–Crippen LogP) is 3.62. The van der Waals surface area contributed by atoms with Crippen LogP contribution in [0.25, 0.3) is 0 Å².